The molecule has 0 bridgehead atoms. The van der Waals surface area contributed by atoms with Crippen LogP contribution in [-0.2, 0) is 21.4 Å². The Morgan fingerprint density at radius 2 is 2.26 bits per heavy atom. The zero-order valence-corrected chi connectivity index (χ0v) is 11.4. The third-order valence-electron chi connectivity index (χ3n) is 3.27. The molecule has 1 aromatic carbocycles. The van der Waals surface area contributed by atoms with Gasteiger partial charge in [-0.3, -0.25) is 0 Å². The van der Waals surface area contributed by atoms with Crippen LogP contribution in [0.3, 0.4) is 0 Å². The van der Waals surface area contributed by atoms with Crippen LogP contribution in [0, 0.1) is 5.82 Å². The molecule has 5 nitrogen and oxygen atoms in total. The molecule has 106 valence electrons. The molecule has 19 heavy (non-hydrogen) atoms. The quantitative estimate of drug-likeness (QED) is 0.887. The number of aliphatic hydroxyl groups is 1. The lowest BCUT2D eigenvalue weighted by atomic mass is 10.2. The first kappa shape index (κ1) is 14.4. The number of ether oxygens (including phenoxy) is 1. The highest BCUT2D eigenvalue weighted by Gasteiger charge is 2.32. The first-order valence-corrected chi connectivity index (χ1v) is 7.35. The van der Waals surface area contributed by atoms with Crippen molar-refractivity contribution in [2.45, 2.75) is 24.0 Å². The molecule has 1 unspecified atom stereocenters. The van der Waals surface area contributed by atoms with Crippen LogP contribution in [0.25, 0.3) is 0 Å². The van der Waals surface area contributed by atoms with Crippen molar-refractivity contribution >= 4 is 10.0 Å². The van der Waals surface area contributed by atoms with E-state index in [2.05, 4.69) is 0 Å². The summed E-state index contributed by atoms with van der Waals surface area (Å²) in [6.07, 6.45) is 0.539. The lowest BCUT2D eigenvalue weighted by molar-refractivity contribution is 0.115. The Hall–Kier alpha value is -1.02. The number of hydrogen-bond donors (Lipinski definition) is 1. The van der Waals surface area contributed by atoms with Crippen LogP contribution in [-0.4, -0.2) is 44.1 Å². The van der Waals surface area contributed by atoms with Crippen LogP contribution in [0.2, 0.25) is 0 Å². The topological polar surface area (TPSA) is 66.8 Å². The van der Waals surface area contributed by atoms with Crippen LogP contribution in [0.1, 0.15) is 12.0 Å². The fourth-order valence-electron chi connectivity index (χ4n) is 2.09. The van der Waals surface area contributed by atoms with E-state index in [4.69, 9.17) is 9.84 Å². The third kappa shape index (κ3) is 2.79. The Morgan fingerprint density at radius 1 is 1.53 bits per heavy atom. The van der Waals surface area contributed by atoms with Gasteiger partial charge in [0.15, 0.2) is 0 Å². The maximum absolute atomic E-state index is 13.3. The molecule has 0 spiro atoms. The molecule has 0 aliphatic carbocycles. The minimum atomic E-state index is -3.66. The highest BCUT2D eigenvalue weighted by atomic mass is 32.2. The van der Waals surface area contributed by atoms with Gasteiger partial charge in [0, 0.05) is 25.8 Å². The zero-order chi connectivity index (χ0) is 14.0. The molecule has 1 aliphatic rings. The van der Waals surface area contributed by atoms with Crippen molar-refractivity contribution in [2.24, 2.45) is 0 Å². The molecule has 1 aromatic rings. The van der Waals surface area contributed by atoms with E-state index < -0.39 is 22.4 Å². The molecule has 0 aromatic heterocycles. The third-order valence-corrected chi connectivity index (χ3v) is 5.13. The second-order valence-corrected chi connectivity index (χ2v) is 6.36. The molecule has 1 aliphatic heterocycles. The molecule has 1 N–H and O–H groups in total. The molecular weight excluding hydrogens is 273 g/mol. The monoisotopic (exact) mass is 289 g/mol. The second-order valence-electron chi connectivity index (χ2n) is 4.42. The van der Waals surface area contributed by atoms with Gasteiger partial charge in [-0.05, 0) is 24.6 Å². The zero-order valence-electron chi connectivity index (χ0n) is 10.5. The van der Waals surface area contributed by atoms with E-state index >= 15 is 0 Å². The summed E-state index contributed by atoms with van der Waals surface area (Å²) in [4.78, 5) is -0.00490. The van der Waals surface area contributed by atoms with Gasteiger partial charge in [0.1, 0.15) is 5.82 Å². The SMILES string of the molecule is COC1CCN(S(=O)(=O)c2ccc(F)c(CO)c2)C1. The molecule has 1 fully saturated rings. The summed E-state index contributed by atoms with van der Waals surface area (Å²) >= 11 is 0. The van der Waals surface area contributed by atoms with Gasteiger partial charge in [0.2, 0.25) is 10.0 Å². The van der Waals surface area contributed by atoms with E-state index in [1.54, 1.807) is 7.11 Å². The van der Waals surface area contributed by atoms with Gasteiger partial charge < -0.3 is 9.84 Å². The van der Waals surface area contributed by atoms with E-state index in [0.717, 1.165) is 6.07 Å². The van der Waals surface area contributed by atoms with Gasteiger partial charge in [-0.15, -0.1) is 0 Å². The molecule has 0 radical (unpaired) electrons. The summed E-state index contributed by atoms with van der Waals surface area (Å²) in [6, 6.07) is 3.44. The summed E-state index contributed by atoms with van der Waals surface area (Å²) in [5, 5.41) is 8.99. The summed E-state index contributed by atoms with van der Waals surface area (Å²) in [5.74, 6) is -0.613. The van der Waals surface area contributed by atoms with E-state index in [1.165, 1.54) is 16.4 Å². The fraction of sp³-hybridized carbons (Fsp3) is 0.500. The summed E-state index contributed by atoms with van der Waals surface area (Å²) in [7, 11) is -2.11. The Balaban J connectivity index is 2.30. The van der Waals surface area contributed by atoms with Crippen LogP contribution < -0.4 is 0 Å². The highest BCUT2D eigenvalue weighted by Crippen LogP contribution is 2.23. The van der Waals surface area contributed by atoms with E-state index in [1.807, 2.05) is 0 Å². The average molecular weight is 289 g/mol. The van der Waals surface area contributed by atoms with Crippen molar-refractivity contribution in [3.8, 4) is 0 Å². The maximum Gasteiger partial charge on any atom is 0.243 e. The Bertz CT molecular complexity index is 561. The highest BCUT2D eigenvalue weighted by molar-refractivity contribution is 7.89. The van der Waals surface area contributed by atoms with Gasteiger partial charge in [-0.2, -0.15) is 4.31 Å². The lowest BCUT2D eigenvalue weighted by Crippen LogP contribution is -2.30. The minimum Gasteiger partial charge on any atom is -0.392 e. The summed E-state index contributed by atoms with van der Waals surface area (Å²) in [5.41, 5.74) is -0.0245. The normalized spacial score (nSPS) is 20.9. The first-order chi connectivity index (χ1) is 8.98. The predicted octanol–water partition coefficient (Wildman–Crippen LogP) is 0.727. The standard InChI is InChI=1S/C12H16FNO4S/c1-18-10-4-5-14(7-10)19(16,17)11-2-3-12(13)9(6-11)8-15/h2-3,6,10,15H,4-5,7-8H2,1H3. The van der Waals surface area contributed by atoms with Gasteiger partial charge in [-0.25, -0.2) is 12.8 Å². The molecule has 1 saturated heterocycles. The van der Waals surface area contributed by atoms with Gasteiger partial charge in [0.25, 0.3) is 0 Å². The molecular formula is C12H16FNO4S. The summed E-state index contributed by atoms with van der Waals surface area (Å²) < 4.78 is 44.4. The maximum atomic E-state index is 13.3. The number of halogens is 1. The molecule has 7 heteroatoms. The average Bonchev–Trinajstić information content (AvgIpc) is 2.88. The molecule has 1 atom stereocenters. The van der Waals surface area contributed by atoms with Crippen LogP contribution in [0.4, 0.5) is 4.39 Å². The summed E-state index contributed by atoms with van der Waals surface area (Å²) in [6.45, 7) is 0.146. The van der Waals surface area contributed by atoms with Gasteiger partial charge in [-0.1, -0.05) is 0 Å². The second kappa shape index (κ2) is 5.54. The van der Waals surface area contributed by atoms with E-state index in [0.29, 0.717) is 19.5 Å². The largest absolute Gasteiger partial charge is 0.392 e. The smallest absolute Gasteiger partial charge is 0.243 e. The Morgan fingerprint density at radius 3 is 2.84 bits per heavy atom. The fourth-order valence-corrected chi connectivity index (χ4v) is 3.63. The van der Waals surface area contributed by atoms with Gasteiger partial charge >= 0.3 is 0 Å². The van der Waals surface area contributed by atoms with Gasteiger partial charge in [0.05, 0.1) is 17.6 Å². The number of methoxy groups -OCH3 is 1. The molecule has 0 saturated carbocycles. The molecule has 1 heterocycles. The minimum absolute atomic E-state index is 0.00490. The predicted molar refractivity (Wildman–Crippen MR) is 66.5 cm³/mol. The van der Waals surface area contributed by atoms with Crippen molar-refractivity contribution in [1.82, 2.24) is 4.31 Å². The Labute approximate surface area is 111 Å². The number of benzene rings is 1. The first-order valence-electron chi connectivity index (χ1n) is 5.91. The molecule has 2 rings (SSSR count). The van der Waals surface area contributed by atoms with E-state index in [9.17, 15) is 12.8 Å². The number of hydrogen-bond acceptors (Lipinski definition) is 4. The van der Waals surface area contributed by atoms with Crippen molar-refractivity contribution in [1.29, 1.82) is 0 Å². The lowest BCUT2D eigenvalue weighted by Gasteiger charge is -2.16. The van der Waals surface area contributed by atoms with Crippen molar-refractivity contribution in [2.75, 3.05) is 20.2 Å². The number of nitrogens with zero attached hydrogens (tertiary/aromatic N) is 1. The van der Waals surface area contributed by atoms with Crippen molar-refractivity contribution in [3.05, 3.63) is 29.6 Å². The van der Waals surface area contributed by atoms with Crippen molar-refractivity contribution in [3.63, 3.8) is 0 Å². The number of rotatable bonds is 4. The number of sulfonamides is 1. The van der Waals surface area contributed by atoms with Crippen LogP contribution in [0.15, 0.2) is 23.1 Å². The van der Waals surface area contributed by atoms with E-state index in [-0.39, 0.29) is 16.6 Å². The number of aliphatic hydroxyl groups excluding tert-OH is 1. The van der Waals surface area contributed by atoms with Crippen LogP contribution >= 0.6 is 0 Å². The molecule has 0 amide bonds. The van der Waals surface area contributed by atoms with Crippen molar-refractivity contribution < 1.29 is 22.7 Å². The van der Waals surface area contributed by atoms with Crippen LogP contribution in [0.5, 0.6) is 0 Å². The Kier molecular flexibility index (Phi) is 4.19.